The number of amides is 1. The average molecular weight is 410 g/mol. The highest BCUT2D eigenvalue weighted by atomic mass is 79.9. The zero-order valence-corrected chi connectivity index (χ0v) is 15.8. The molecule has 0 aliphatic heterocycles. The Morgan fingerprint density at radius 3 is 2.52 bits per heavy atom. The van der Waals surface area contributed by atoms with E-state index in [-0.39, 0.29) is 6.42 Å². The van der Waals surface area contributed by atoms with Gasteiger partial charge in [0.2, 0.25) is 0 Å². The lowest BCUT2D eigenvalue weighted by atomic mass is 10.1. The van der Waals surface area contributed by atoms with E-state index >= 15 is 0 Å². The van der Waals surface area contributed by atoms with E-state index in [1.165, 1.54) is 0 Å². The van der Waals surface area contributed by atoms with Crippen LogP contribution in [-0.4, -0.2) is 28.8 Å². The monoisotopic (exact) mass is 409 g/mol. The van der Waals surface area contributed by atoms with Crippen LogP contribution in [0.2, 0.25) is 0 Å². The lowest BCUT2D eigenvalue weighted by molar-refractivity contribution is -0.139. The van der Waals surface area contributed by atoms with Crippen molar-refractivity contribution in [3.05, 3.63) is 46.6 Å². The third-order valence-electron chi connectivity index (χ3n) is 3.20. The molecule has 1 aromatic heterocycles. The maximum absolute atomic E-state index is 11.8. The van der Waals surface area contributed by atoms with E-state index in [0.29, 0.717) is 11.5 Å². The van der Waals surface area contributed by atoms with E-state index < -0.39 is 23.7 Å². The van der Waals surface area contributed by atoms with Gasteiger partial charge in [-0.3, -0.25) is 0 Å². The number of carbonyl (C=O) groups excluding carboxylic acids is 1. The van der Waals surface area contributed by atoms with E-state index in [0.717, 1.165) is 10.0 Å². The van der Waals surface area contributed by atoms with Crippen molar-refractivity contribution in [1.82, 2.24) is 5.32 Å². The van der Waals surface area contributed by atoms with Crippen LogP contribution >= 0.6 is 15.9 Å². The van der Waals surface area contributed by atoms with Crippen molar-refractivity contribution in [3.8, 4) is 11.3 Å². The molecule has 2 N–H and O–H groups in total. The SMILES string of the molecule is CC(C)(C)OC(=O)NC(Cc1ccc(-c2ccccc2Br)o1)C(=O)O. The standard InChI is InChI=1S/C18H20BrNO5/c1-18(2,3)25-17(23)20-14(16(21)22)10-11-8-9-15(24-11)12-6-4-5-7-13(12)19/h4-9,14H,10H2,1-3H3,(H,20,23)(H,21,22). The molecule has 1 aromatic carbocycles. The third-order valence-corrected chi connectivity index (χ3v) is 3.89. The van der Waals surface area contributed by atoms with Gasteiger partial charge in [-0.15, -0.1) is 0 Å². The number of carboxylic acids is 1. The first-order valence-corrected chi connectivity index (χ1v) is 8.51. The molecule has 0 bridgehead atoms. The molecule has 7 heteroatoms. The van der Waals surface area contributed by atoms with Crippen LogP contribution in [0, 0.1) is 0 Å². The number of hydrogen-bond acceptors (Lipinski definition) is 4. The van der Waals surface area contributed by atoms with Crippen molar-refractivity contribution in [2.45, 2.75) is 38.8 Å². The van der Waals surface area contributed by atoms with Gasteiger partial charge >= 0.3 is 12.1 Å². The normalized spacial score (nSPS) is 12.5. The topological polar surface area (TPSA) is 88.8 Å². The maximum Gasteiger partial charge on any atom is 0.408 e. The molecule has 1 atom stereocenters. The van der Waals surface area contributed by atoms with E-state index in [4.69, 9.17) is 9.15 Å². The summed E-state index contributed by atoms with van der Waals surface area (Å²) < 4.78 is 11.7. The van der Waals surface area contributed by atoms with Crippen molar-refractivity contribution in [2.75, 3.05) is 0 Å². The lowest BCUT2D eigenvalue weighted by Crippen LogP contribution is -2.44. The van der Waals surface area contributed by atoms with Gasteiger partial charge in [0, 0.05) is 16.5 Å². The molecule has 0 spiro atoms. The quantitative estimate of drug-likeness (QED) is 0.770. The van der Waals surface area contributed by atoms with Crippen LogP contribution in [0.25, 0.3) is 11.3 Å². The molecule has 25 heavy (non-hydrogen) atoms. The van der Waals surface area contributed by atoms with Crippen LogP contribution in [0.1, 0.15) is 26.5 Å². The predicted octanol–water partition coefficient (Wildman–Crippen LogP) is 4.23. The second-order valence-corrected chi connectivity index (χ2v) is 7.34. The minimum atomic E-state index is -1.16. The van der Waals surface area contributed by atoms with Gasteiger partial charge < -0.3 is 19.6 Å². The molecule has 2 aromatic rings. The number of halogens is 1. The van der Waals surface area contributed by atoms with Crippen molar-refractivity contribution in [2.24, 2.45) is 0 Å². The van der Waals surface area contributed by atoms with Gasteiger partial charge in [-0.25, -0.2) is 9.59 Å². The van der Waals surface area contributed by atoms with E-state index in [1.807, 2.05) is 24.3 Å². The third kappa shape index (κ3) is 5.63. The fourth-order valence-electron chi connectivity index (χ4n) is 2.14. The fraction of sp³-hybridized carbons (Fsp3) is 0.333. The Balaban J connectivity index is 2.09. The maximum atomic E-state index is 11.8. The van der Waals surface area contributed by atoms with Crippen molar-refractivity contribution < 1.29 is 23.8 Å². The summed E-state index contributed by atoms with van der Waals surface area (Å²) in [7, 11) is 0. The van der Waals surface area contributed by atoms with Gasteiger partial charge in [-0.2, -0.15) is 0 Å². The first-order chi connectivity index (χ1) is 11.7. The van der Waals surface area contributed by atoms with Crippen molar-refractivity contribution in [1.29, 1.82) is 0 Å². The van der Waals surface area contributed by atoms with Crippen LogP contribution in [-0.2, 0) is 16.0 Å². The van der Waals surface area contributed by atoms with Crippen LogP contribution in [0.3, 0.4) is 0 Å². The molecule has 1 heterocycles. The minimum Gasteiger partial charge on any atom is -0.480 e. The summed E-state index contributed by atoms with van der Waals surface area (Å²) in [4.78, 5) is 23.2. The lowest BCUT2D eigenvalue weighted by Gasteiger charge is -2.21. The zero-order valence-electron chi connectivity index (χ0n) is 14.2. The first kappa shape index (κ1) is 19.1. The van der Waals surface area contributed by atoms with E-state index in [1.54, 1.807) is 32.9 Å². The number of carboxylic acid groups (broad SMARTS) is 1. The van der Waals surface area contributed by atoms with E-state index in [2.05, 4.69) is 21.2 Å². The number of furan rings is 1. The number of rotatable bonds is 5. The molecule has 1 unspecified atom stereocenters. The number of hydrogen-bond donors (Lipinski definition) is 2. The summed E-state index contributed by atoms with van der Waals surface area (Å²) in [5.74, 6) is -0.0946. The molecule has 134 valence electrons. The molecule has 0 aliphatic rings. The summed E-state index contributed by atoms with van der Waals surface area (Å²) >= 11 is 3.45. The molecule has 0 fully saturated rings. The molecular formula is C18H20BrNO5. The highest BCUT2D eigenvalue weighted by Crippen LogP contribution is 2.29. The Kier molecular flexibility index (Phi) is 5.89. The summed E-state index contributed by atoms with van der Waals surface area (Å²) in [5.41, 5.74) is 0.158. The molecule has 1 amide bonds. The Hall–Kier alpha value is -2.28. The van der Waals surface area contributed by atoms with Gasteiger partial charge in [-0.1, -0.05) is 34.1 Å². The average Bonchev–Trinajstić information content (AvgIpc) is 2.93. The van der Waals surface area contributed by atoms with Gasteiger partial charge in [0.25, 0.3) is 0 Å². The van der Waals surface area contributed by atoms with Crippen molar-refractivity contribution >= 4 is 28.0 Å². The predicted molar refractivity (Wildman–Crippen MR) is 96.3 cm³/mol. The molecule has 2 rings (SSSR count). The van der Waals surface area contributed by atoms with Gasteiger partial charge in [-0.05, 0) is 39.0 Å². The Bertz CT molecular complexity index is 763. The second-order valence-electron chi connectivity index (χ2n) is 6.49. The number of carbonyl (C=O) groups is 2. The van der Waals surface area contributed by atoms with Gasteiger partial charge in [0.05, 0.1) is 0 Å². The number of aliphatic carboxylic acids is 1. The first-order valence-electron chi connectivity index (χ1n) is 7.71. The van der Waals surface area contributed by atoms with Crippen molar-refractivity contribution in [3.63, 3.8) is 0 Å². The molecule has 0 aliphatic carbocycles. The molecule has 6 nitrogen and oxygen atoms in total. The number of nitrogens with one attached hydrogen (secondary N) is 1. The van der Waals surface area contributed by atoms with Gasteiger partial charge in [0.15, 0.2) is 0 Å². The Morgan fingerprint density at radius 1 is 1.24 bits per heavy atom. The fourth-order valence-corrected chi connectivity index (χ4v) is 2.62. The molecule has 0 radical (unpaired) electrons. The molecule has 0 saturated heterocycles. The Labute approximate surface area is 154 Å². The summed E-state index contributed by atoms with van der Waals surface area (Å²) in [6.07, 6.45) is -0.767. The number of alkyl carbamates (subject to hydrolysis) is 1. The summed E-state index contributed by atoms with van der Waals surface area (Å²) in [6.45, 7) is 5.12. The van der Waals surface area contributed by atoms with Gasteiger partial charge in [0.1, 0.15) is 23.2 Å². The summed E-state index contributed by atoms with van der Waals surface area (Å²) in [6, 6.07) is 9.87. The molecule has 0 saturated carbocycles. The Morgan fingerprint density at radius 2 is 1.92 bits per heavy atom. The highest BCUT2D eigenvalue weighted by Gasteiger charge is 2.25. The molecular weight excluding hydrogens is 390 g/mol. The minimum absolute atomic E-state index is 0.0129. The zero-order chi connectivity index (χ0) is 18.6. The largest absolute Gasteiger partial charge is 0.480 e. The second kappa shape index (κ2) is 7.74. The van der Waals surface area contributed by atoms with Crippen LogP contribution in [0.15, 0.2) is 45.3 Å². The van der Waals surface area contributed by atoms with Crippen LogP contribution < -0.4 is 5.32 Å². The van der Waals surface area contributed by atoms with Crippen LogP contribution in [0.5, 0.6) is 0 Å². The highest BCUT2D eigenvalue weighted by molar-refractivity contribution is 9.10. The number of ether oxygens (including phenoxy) is 1. The number of benzene rings is 1. The summed E-state index contributed by atoms with van der Waals surface area (Å²) in [5, 5.41) is 11.7. The smallest absolute Gasteiger partial charge is 0.408 e. The van der Waals surface area contributed by atoms with Crippen LogP contribution in [0.4, 0.5) is 4.79 Å². The van der Waals surface area contributed by atoms with E-state index in [9.17, 15) is 14.7 Å².